The van der Waals surface area contributed by atoms with E-state index in [0.29, 0.717) is 25.3 Å². The van der Waals surface area contributed by atoms with Crippen molar-refractivity contribution in [1.29, 1.82) is 5.26 Å². The maximum Gasteiger partial charge on any atom is 0.231 e. The van der Waals surface area contributed by atoms with Crippen molar-refractivity contribution in [1.82, 2.24) is 9.88 Å². The van der Waals surface area contributed by atoms with E-state index in [1.807, 2.05) is 18.0 Å². The van der Waals surface area contributed by atoms with Crippen molar-refractivity contribution in [2.24, 2.45) is 5.73 Å². The molecule has 0 bridgehead atoms. The maximum atomic E-state index is 10.9. The van der Waals surface area contributed by atoms with Crippen LogP contribution in [0, 0.1) is 11.3 Å². The van der Waals surface area contributed by atoms with E-state index in [4.69, 9.17) is 15.7 Å². The fraction of sp³-hybridized carbons (Fsp3) is 0.500. The van der Waals surface area contributed by atoms with Crippen LogP contribution in [0.5, 0.6) is 0 Å². The smallest absolute Gasteiger partial charge is 0.231 e. The van der Waals surface area contributed by atoms with Crippen LogP contribution in [0.15, 0.2) is 18.3 Å². The molecular formula is C14H19N5O2. The summed E-state index contributed by atoms with van der Waals surface area (Å²) in [6.45, 7) is 2.92. The summed E-state index contributed by atoms with van der Waals surface area (Å²) in [7, 11) is 1.84. The molecule has 0 spiro atoms. The third-order valence-corrected chi connectivity index (χ3v) is 3.28. The molecule has 2 N–H and O–H groups in total. The second-order valence-corrected chi connectivity index (χ2v) is 5.12. The van der Waals surface area contributed by atoms with Gasteiger partial charge in [0.1, 0.15) is 11.9 Å². The number of ether oxygens (including phenoxy) is 1. The predicted octanol–water partition coefficient (Wildman–Crippen LogP) is -0.424. The third kappa shape index (κ3) is 4.41. The first-order chi connectivity index (χ1) is 10.1. The summed E-state index contributed by atoms with van der Waals surface area (Å²) < 4.78 is 5.71. The molecule has 0 unspecified atom stereocenters. The van der Waals surface area contributed by atoms with Gasteiger partial charge in [0.15, 0.2) is 0 Å². The van der Waals surface area contributed by atoms with E-state index >= 15 is 0 Å². The normalized spacial score (nSPS) is 18.5. The first kappa shape index (κ1) is 15.2. The van der Waals surface area contributed by atoms with Gasteiger partial charge in [0.25, 0.3) is 0 Å². The molecule has 7 nitrogen and oxygen atoms in total. The van der Waals surface area contributed by atoms with Crippen molar-refractivity contribution in [3.05, 3.63) is 23.9 Å². The van der Waals surface area contributed by atoms with Gasteiger partial charge in [-0.1, -0.05) is 0 Å². The van der Waals surface area contributed by atoms with Crippen LogP contribution >= 0.6 is 0 Å². The third-order valence-electron chi connectivity index (χ3n) is 3.28. The Morgan fingerprint density at radius 1 is 1.67 bits per heavy atom. The number of amides is 1. The summed E-state index contributed by atoms with van der Waals surface area (Å²) in [6.07, 6.45) is 1.57. The second-order valence-electron chi connectivity index (χ2n) is 5.12. The number of morpholine rings is 1. The zero-order chi connectivity index (χ0) is 15.2. The number of hydrogen-bond acceptors (Lipinski definition) is 6. The largest absolute Gasteiger partial charge is 0.373 e. The van der Waals surface area contributed by atoms with Crippen molar-refractivity contribution < 1.29 is 9.53 Å². The minimum Gasteiger partial charge on any atom is -0.373 e. The maximum absolute atomic E-state index is 10.9. The highest BCUT2D eigenvalue weighted by atomic mass is 16.5. The van der Waals surface area contributed by atoms with Crippen LogP contribution in [-0.2, 0) is 9.53 Å². The second kappa shape index (κ2) is 7.02. The fourth-order valence-electron chi connectivity index (χ4n) is 2.36. The highest BCUT2D eigenvalue weighted by Crippen LogP contribution is 2.15. The molecule has 0 aliphatic carbocycles. The molecule has 1 aliphatic rings. The van der Waals surface area contributed by atoms with E-state index in [1.54, 1.807) is 12.3 Å². The van der Waals surface area contributed by atoms with Crippen LogP contribution in [-0.4, -0.2) is 61.7 Å². The zero-order valence-electron chi connectivity index (χ0n) is 12.0. The van der Waals surface area contributed by atoms with Gasteiger partial charge in [-0.25, -0.2) is 4.98 Å². The molecule has 1 amide bonds. The van der Waals surface area contributed by atoms with Crippen LogP contribution in [0.4, 0.5) is 5.82 Å². The standard InChI is InChI=1S/C14H19N5O2/c1-18(10-13(16)20)8-12-9-19(4-5-21-12)14-3-2-11(6-15)7-17-14/h2-3,7,12H,4-5,8-10H2,1H3,(H2,16,20)/t12-/m0/s1. The van der Waals surface area contributed by atoms with Crippen LogP contribution < -0.4 is 10.6 Å². The van der Waals surface area contributed by atoms with Crippen LogP contribution in [0.2, 0.25) is 0 Å². The monoisotopic (exact) mass is 289 g/mol. The number of hydrogen-bond donors (Lipinski definition) is 1. The highest BCUT2D eigenvalue weighted by Gasteiger charge is 2.23. The Bertz CT molecular complexity index is 525. The number of primary amides is 1. The summed E-state index contributed by atoms with van der Waals surface area (Å²) in [6, 6.07) is 5.65. The summed E-state index contributed by atoms with van der Waals surface area (Å²) >= 11 is 0. The Labute approximate surface area is 123 Å². The molecule has 1 saturated heterocycles. The number of nitrogens with zero attached hydrogens (tertiary/aromatic N) is 4. The molecule has 112 valence electrons. The van der Waals surface area contributed by atoms with Gasteiger partial charge in [0, 0.05) is 25.8 Å². The van der Waals surface area contributed by atoms with E-state index in [0.717, 1.165) is 12.4 Å². The first-order valence-corrected chi connectivity index (χ1v) is 6.78. The van der Waals surface area contributed by atoms with Gasteiger partial charge in [-0.15, -0.1) is 0 Å². The minimum absolute atomic E-state index is 0.000503. The van der Waals surface area contributed by atoms with E-state index in [9.17, 15) is 4.79 Å². The lowest BCUT2D eigenvalue weighted by Crippen LogP contribution is -2.48. The molecule has 1 fully saturated rings. The van der Waals surface area contributed by atoms with E-state index < -0.39 is 0 Å². The van der Waals surface area contributed by atoms with E-state index in [-0.39, 0.29) is 18.6 Å². The summed E-state index contributed by atoms with van der Waals surface area (Å²) in [5.74, 6) is 0.485. The van der Waals surface area contributed by atoms with Crippen LogP contribution in [0.1, 0.15) is 5.56 Å². The van der Waals surface area contributed by atoms with Gasteiger partial charge in [0.2, 0.25) is 5.91 Å². The topological polar surface area (TPSA) is 95.5 Å². The van der Waals surface area contributed by atoms with Gasteiger partial charge < -0.3 is 15.4 Å². The number of nitrogens with two attached hydrogens (primary N) is 1. The quantitative estimate of drug-likeness (QED) is 0.790. The molecule has 1 aliphatic heterocycles. The SMILES string of the molecule is CN(CC(N)=O)C[C@H]1CN(c2ccc(C#N)cn2)CCO1. The Balaban J connectivity index is 1.93. The number of pyridine rings is 1. The summed E-state index contributed by atoms with van der Waals surface area (Å²) in [5, 5.41) is 8.79. The van der Waals surface area contributed by atoms with Gasteiger partial charge in [-0.3, -0.25) is 9.69 Å². The lowest BCUT2D eigenvalue weighted by molar-refractivity contribution is -0.119. The molecular weight excluding hydrogens is 270 g/mol. The lowest BCUT2D eigenvalue weighted by Gasteiger charge is -2.35. The highest BCUT2D eigenvalue weighted by molar-refractivity contribution is 5.75. The van der Waals surface area contributed by atoms with Crippen molar-refractivity contribution in [3.8, 4) is 6.07 Å². The number of nitriles is 1. The summed E-state index contributed by atoms with van der Waals surface area (Å²) in [5.41, 5.74) is 5.72. The predicted molar refractivity (Wildman–Crippen MR) is 77.6 cm³/mol. The number of rotatable bonds is 5. The number of carbonyl (C=O) groups is 1. The molecule has 7 heteroatoms. The van der Waals surface area contributed by atoms with Gasteiger partial charge in [-0.05, 0) is 19.2 Å². The van der Waals surface area contributed by atoms with Crippen LogP contribution in [0.3, 0.4) is 0 Å². The molecule has 1 aromatic rings. The number of aromatic nitrogens is 1. The minimum atomic E-state index is -0.348. The zero-order valence-corrected chi connectivity index (χ0v) is 12.0. The van der Waals surface area contributed by atoms with Gasteiger partial charge in [0.05, 0.1) is 24.8 Å². The fourth-order valence-corrected chi connectivity index (χ4v) is 2.36. The van der Waals surface area contributed by atoms with Crippen LogP contribution in [0.25, 0.3) is 0 Å². The van der Waals surface area contributed by atoms with E-state index in [1.165, 1.54) is 0 Å². The molecule has 0 aromatic carbocycles. The Hall–Kier alpha value is -2.17. The molecule has 2 rings (SSSR count). The number of likely N-dealkylation sites (N-methyl/N-ethyl adjacent to an activating group) is 1. The average Bonchev–Trinajstić information content (AvgIpc) is 2.46. The molecule has 2 heterocycles. The lowest BCUT2D eigenvalue weighted by atomic mass is 10.2. The van der Waals surface area contributed by atoms with Crippen molar-refractivity contribution in [2.75, 3.05) is 44.7 Å². The van der Waals surface area contributed by atoms with Crippen molar-refractivity contribution in [2.45, 2.75) is 6.10 Å². The number of carbonyl (C=O) groups excluding carboxylic acids is 1. The Morgan fingerprint density at radius 3 is 3.10 bits per heavy atom. The molecule has 0 saturated carbocycles. The molecule has 1 aromatic heterocycles. The van der Waals surface area contributed by atoms with E-state index in [2.05, 4.69) is 16.0 Å². The first-order valence-electron chi connectivity index (χ1n) is 6.78. The molecule has 21 heavy (non-hydrogen) atoms. The van der Waals surface area contributed by atoms with Gasteiger partial charge >= 0.3 is 0 Å². The molecule has 0 radical (unpaired) electrons. The summed E-state index contributed by atoms with van der Waals surface area (Å²) in [4.78, 5) is 19.2. The van der Waals surface area contributed by atoms with Crippen molar-refractivity contribution >= 4 is 11.7 Å². The Kier molecular flexibility index (Phi) is 5.09. The molecule has 1 atom stereocenters. The van der Waals surface area contributed by atoms with Crippen molar-refractivity contribution in [3.63, 3.8) is 0 Å². The number of anilines is 1. The average molecular weight is 289 g/mol. The Morgan fingerprint density at radius 2 is 2.48 bits per heavy atom. The van der Waals surface area contributed by atoms with Gasteiger partial charge in [-0.2, -0.15) is 5.26 Å².